The lowest BCUT2D eigenvalue weighted by molar-refractivity contribution is 0.224. The summed E-state index contributed by atoms with van der Waals surface area (Å²) >= 11 is 6.22. The predicted molar refractivity (Wildman–Crippen MR) is 96.4 cm³/mol. The highest BCUT2D eigenvalue weighted by Gasteiger charge is 2.39. The average molecular weight is 359 g/mol. The van der Waals surface area contributed by atoms with Gasteiger partial charge in [0.25, 0.3) is 0 Å². The lowest BCUT2D eigenvalue weighted by Crippen LogP contribution is -2.41. The molecule has 0 bridgehead atoms. The number of benzene rings is 2. The van der Waals surface area contributed by atoms with Crippen molar-refractivity contribution in [2.75, 3.05) is 18.0 Å². The third-order valence-corrected chi connectivity index (χ3v) is 5.02. The number of rotatable bonds is 2. The van der Waals surface area contributed by atoms with Crippen molar-refractivity contribution < 1.29 is 4.39 Å². The molecule has 2 atom stereocenters. The summed E-state index contributed by atoms with van der Waals surface area (Å²) in [6.07, 6.45) is 0. The number of hydrogen-bond acceptors (Lipinski definition) is 4. The lowest BCUT2D eigenvalue weighted by Gasteiger charge is -2.26. The number of aliphatic imine (C=N–C) groups is 1. The van der Waals surface area contributed by atoms with Crippen molar-refractivity contribution in [3.05, 3.63) is 69.3 Å². The predicted octanol–water partition coefficient (Wildman–Crippen LogP) is 4.17. The van der Waals surface area contributed by atoms with Crippen LogP contribution in [0.2, 0.25) is 5.02 Å². The average Bonchev–Trinajstić information content (AvgIpc) is 2.89. The molecule has 2 aliphatic heterocycles. The van der Waals surface area contributed by atoms with Crippen molar-refractivity contribution in [1.29, 1.82) is 0 Å². The quantitative estimate of drug-likeness (QED) is 0.757. The van der Waals surface area contributed by atoms with Crippen LogP contribution < -0.4 is 4.90 Å². The van der Waals surface area contributed by atoms with Gasteiger partial charge in [-0.25, -0.2) is 9.40 Å². The van der Waals surface area contributed by atoms with Gasteiger partial charge in [-0.3, -0.25) is 4.99 Å². The van der Waals surface area contributed by atoms with Crippen LogP contribution in [0.1, 0.15) is 24.1 Å². The number of anilines is 1. The van der Waals surface area contributed by atoms with Crippen LogP contribution >= 0.6 is 11.6 Å². The molecule has 0 spiro atoms. The van der Waals surface area contributed by atoms with Crippen molar-refractivity contribution in [3.8, 4) is 0 Å². The molecule has 0 radical (unpaired) electrons. The number of nitrogens with zero attached hydrogens (tertiary/aromatic N) is 4. The van der Waals surface area contributed by atoms with Gasteiger partial charge in [0.15, 0.2) is 0 Å². The lowest BCUT2D eigenvalue weighted by atomic mass is 9.96. The van der Waals surface area contributed by atoms with Gasteiger partial charge in [0.05, 0.1) is 24.4 Å². The second-order valence-corrected chi connectivity index (χ2v) is 6.68. The van der Waals surface area contributed by atoms with Crippen LogP contribution in [-0.4, -0.2) is 30.0 Å². The minimum Gasteiger partial charge on any atom is -0.323 e. The van der Waals surface area contributed by atoms with E-state index in [-0.39, 0.29) is 11.9 Å². The van der Waals surface area contributed by atoms with E-state index in [1.165, 1.54) is 11.1 Å². The standard InChI is InChI=1S/C18H16ClFN4O/c1-11-21-9-13-10-23(22-25)18(14-4-2-3-5-16(14)20)15-8-12(19)6-7-17(15)24(11)13/h2-8,13,18H,9-10H2,1H3. The van der Waals surface area contributed by atoms with Crippen LogP contribution in [0.5, 0.6) is 0 Å². The molecule has 2 aliphatic rings. The molecule has 2 unspecified atom stereocenters. The topological polar surface area (TPSA) is 48.3 Å². The largest absolute Gasteiger partial charge is 0.323 e. The Hall–Kier alpha value is -2.47. The zero-order chi connectivity index (χ0) is 17.6. The third kappa shape index (κ3) is 2.57. The molecule has 25 heavy (non-hydrogen) atoms. The Kier molecular flexibility index (Phi) is 3.92. The van der Waals surface area contributed by atoms with Gasteiger partial charge in [0.1, 0.15) is 17.7 Å². The maximum atomic E-state index is 14.5. The fourth-order valence-corrected chi connectivity index (χ4v) is 3.90. The molecule has 0 saturated heterocycles. The van der Waals surface area contributed by atoms with Crippen LogP contribution in [-0.2, 0) is 0 Å². The van der Waals surface area contributed by atoms with Gasteiger partial charge >= 0.3 is 0 Å². The van der Waals surface area contributed by atoms with E-state index >= 15 is 0 Å². The molecular formula is C18H16ClFN4O. The van der Waals surface area contributed by atoms with E-state index in [9.17, 15) is 9.30 Å². The number of halogens is 2. The first kappa shape index (κ1) is 16.0. The Balaban J connectivity index is 1.97. The third-order valence-electron chi connectivity index (χ3n) is 4.79. The molecule has 128 valence electrons. The molecule has 0 saturated carbocycles. The van der Waals surface area contributed by atoms with Crippen LogP contribution in [0.15, 0.2) is 52.7 Å². The van der Waals surface area contributed by atoms with Crippen LogP contribution in [0, 0.1) is 10.7 Å². The zero-order valence-electron chi connectivity index (χ0n) is 13.6. The van der Waals surface area contributed by atoms with E-state index in [1.54, 1.807) is 30.3 Å². The summed E-state index contributed by atoms with van der Waals surface area (Å²) in [6, 6.07) is 11.3. The normalized spacial score (nSPS) is 22.1. The van der Waals surface area contributed by atoms with Gasteiger partial charge in [-0.2, -0.15) is 0 Å². The summed E-state index contributed by atoms with van der Waals surface area (Å²) in [5.41, 5.74) is 2.03. The van der Waals surface area contributed by atoms with Crippen LogP contribution in [0.25, 0.3) is 0 Å². The van der Waals surface area contributed by atoms with Crippen molar-refractivity contribution in [3.63, 3.8) is 0 Å². The van der Waals surface area contributed by atoms with Crippen molar-refractivity contribution in [2.24, 2.45) is 10.3 Å². The molecule has 2 heterocycles. The van der Waals surface area contributed by atoms with Gasteiger partial charge in [-0.15, -0.1) is 4.91 Å². The van der Waals surface area contributed by atoms with E-state index in [2.05, 4.69) is 15.2 Å². The monoisotopic (exact) mass is 358 g/mol. The van der Waals surface area contributed by atoms with E-state index in [0.717, 1.165) is 17.1 Å². The number of hydrogen-bond donors (Lipinski definition) is 0. The second-order valence-electron chi connectivity index (χ2n) is 6.24. The zero-order valence-corrected chi connectivity index (χ0v) is 14.3. The van der Waals surface area contributed by atoms with Crippen molar-refractivity contribution in [2.45, 2.75) is 19.0 Å². The smallest absolute Gasteiger partial charge is 0.128 e. The van der Waals surface area contributed by atoms with Gasteiger partial charge in [-0.05, 0) is 31.2 Å². The van der Waals surface area contributed by atoms with Gasteiger partial charge < -0.3 is 4.90 Å². The highest BCUT2D eigenvalue weighted by molar-refractivity contribution is 6.30. The highest BCUT2D eigenvalue weighted by atomic mass is 35.5. The number of amidine groups is 1. The fraction of sp³-hybridized carbons (Fsp3) is 0.278. The minimum atomic E-state index is -0.634. The molecule has 0 N–H and O–H groups in total. The van der Waals surface area contributed by atoms with E-state index in [1.807, 2.05) is 13.0 Å². The van der Waals surface area contributed by atoms with E-state index in [4.69, 9.17) is 11.6 Å². The summed E-state index contributed by atoms with van der Waals surface area (Å²) in [7, 11) is 0. The SMILES string of the molecule is CC1=NCC2CN(N=O)C(c3ccccc3F)c3cc(Cl)ccc3N12. The maximum absolute atomic E-state index is 14.5. The molecule has 0 aliphatic carbocycles. The molecule has 2 aromatic carbocycles. The first-order valence-corrected chi connectivity index (χ1v) is 8.42. The molecule has 7 heteroatoms. The first-order valence-electron chi connectivity index (χ1n) is 8.04. The summed E-state index contributed by atoms with van der Waals surface area (Å²) in [6.45, 7) is 2.86. The molecule has 0 amide bonds. The Morgan fingerprint density at radius 2 is 2.04 bits per heavy atom. The Morgan fingerprint density at radius 1 is 1.24 bits per heavy atom. The summed E-state index contributed by atoms with van der Waals surface area (Å²) in [5.74, 6) is 0.494. The van der Waals surface area contributed by atoms with E-state index < -0.39 is 6.04 Å². The molecule has 0 fully saturated rings. The van der Waals surface area contributed by atoms with E-state index in [0.29, 0.717) is 23.7 Å². The Labute approximate surface area is 149 Å². The molecule has 0 aromatic heterocycles. The minimum absolute atomic E-state index is 0.0191. The maximum Gasteiger partial charge on any atom is 0.128 e. The fourth-order valence-electron chi connectivity index (χ4n) is 3.72. The second kappa shape index (κ2) is 6.11. The Bertz CT molecular complexity index is 872. The van der Waals surface area contributed by atoms with Crippen LogP contribution in [0.3, 0.4) is 0 Å². The van der Waals surface area contributed by atoms with Gasteiger partial charge in [0.2, 0.25) is 0 Å². The van der Waals surface area contributed by atoms with Gasteiger partial charge in [0, 0.05) is 21.8 Å². The molecular weight excluding hydrogens is 343 g/mol. The Morgan fingerprint density at radius 3 is 2.80 bits per heavy atom. The first-order chi connectivity index (χ1) is 12.1. The van der Waals surface area contributed by atoms with Gasteiger partial charge in [-0.1, -0.05) is 29.8 Å². The van der Waals surface area contributed by atoms with Crippen molar-refractivity contribution in [1.82, 2.24) is 5.01 Å². The molecule has 2 aromatic rings. The van der Waals surface area contributed by atoms with Crippen LogP contribution in [0.4, 0.5) is 10.1 Å². The highest BCUT2D eigenvalue weighted by Crippen LogP contribution is 2.42. The summed E-state index contributed by atoms with van der Waals surface area (Å²) in [4.78, 5) is 18.2. The summed E-state index contributed by atoms with van der Waals surface area (Å²) in [5, 5.41) is 5.14. The van der Waals surface area contributed by atoms with Crippen molar-refractivity contribution >= 4 is 23.1 Å². The summed E-state index contributed by atoms with van der Waals surface area (Å²) < 4.78 is 14.5. The number of nitroso groups, excluding NO2 is 1. The number of fused-ring (bicyclic) bond motifs is 3. The molecule has 4 rings (SSSR count). The molecule has 5 nitrogen and oxygen atoms in total.